The molecule has 2 aromatic heterocycles. The molecule has 8 aromatic rings. The van der Waals surface area contributed by atoms with Crippen LogP contribution < -0.4 is 9.05 Å². The minimum atomic E-state index is -4.97. The van der Waals surface area contributed by atoms with Crippen LogP contribution in [0.5, 0.6) is 11.5 Å². The summed E-state index contributed by atoms with van der Waals surface area (Å²) in [5.74, 6) is 3.57. The van der Waals surface area contributed by atoms with E-state index in [4.69, 9.17) is 29.7 Å². The number of aromatic nitrogens is 6. The van der Waals surface area contributed by atoms with Gasteiger partial charge in [0.05, 0.1) is 23.8 Å². The highest BCUT2D eigenvalue weighted by atomic mass is 31.2. The SMILES string of the molecule is CCCCCCCCc1ccc2c3c(c(-c4cn(-c5c(C6CCCCC6)cc(C6CCCCC6)cc5C5CCCCC5)nn4)cc2c1)OP(=O)(O)Oc1c(-c2cn(-c4c(C5CCCCC5)cc(C5CCCCC5)cc4C4CCCCC4)nn2)cc2cc(CCCCCCCC)ccc2c1-3. The average Bonchev–Trinajstić information content (AvgIpc) is 1.67. The zero-order valence-electron chi connectivity index (χ0n) is 60.5. The number of hydrogen-bond donors (Lipinski definition) is 1. The van der Waals surface area contributed by atoms with Crippen LogP contribution >= 0.6 is 7.82 Å². The van der Waals surface area contributed by atoms with Gasteiger partial charge in [-0.05, 0) is 216 Å². The normalized spacial score (nSPS) is 19.5. The number of phosphoric acid groups is 1. The molecule has 0 atom stereocenters. The number of phosphoric ester groups is 1. The van der Waals surface area contributed by atoms with Crippen molar-refractivity contribution in [2.75, 3.05) is 0 Å². The number of benzene rings is 6. The van der Waals surface area contributed by atoms with Gasteiger partial charge in [0, 0.05) is 22.3 Å². The van der Waals surface area contributed by atoms with E-state index in [1.54, 1.807) is 11.1 Å². The maximum absolute atomic E-state index is 15.6. The van der Waals surface area contributed by atoms with Crippen LogP contribution in [-0.2, 0) is 17.4 Å². The Kier molecular flexibility index (Phi) is 22.2. The van der Waals surface area contributed by atoms with Crippen LogP contribution in [0.25, 0.3) is 66.6 Å². The van der Waals surface area contributed by atoms with Gasteiger partial charge >= 0.3 is 7.82 Å². The van der Waals surface area contributed by atoms with E-state index in [1.165, 1.54) is 302 Å². The first-order valence-electron chi connectivity index (χ1n) is 40.9. The summed E-state index contributed by atoms with van der Waals surface area (Å²) in [5.41, 5.74) is 17.8. The molecule has 7 aliphatic rings. The lowest BCUT2D eigenvalue weighted by Gasteiger charge is -2.32. The maximum Gasteiger partial charge on any atom is 0.584 e. The summed E-state index contributed by atoms with van der Waals surface area (Å²) in [6.45, 7) is 4.58. The molecule has 15 rings (SSSR count). The molecule has 6 fully saturated rings. The molecule has 11 heteroatoms. The van der Waals surface area contributed by atoms with Gasteiger partial charge in [0.15, 0.2) is 11.5 Å². The zero-order valence-corrected chi connectivity index (χ0v) is 61.4. The second kappa shape index (κ2) is 32.1. The van der Waals surface area contributed by atoms with Crippen LogP contribution in [0.2, 0.25) is 0 Å². The molecule has 6 saturated carbocycles. The monoisotopic (exact) mass is 1350 g/mol. The fraction of sp³-hybridized carbons (Fsp3) is 0.591. The van der Waals surface area contributed by atoms with Gasteiger partial charge in [-0.2, -0.15) is 0 Å². The third kappa shape index (κ3) is 15.4. The van der Waals surface area contributed by atoms with E-state index in [1.807, 2.05) is 0 Å². The second-order valence-corrected chi connectivity index (χ2v) is 33.6. The number of fused-ring (bicyclic) bond motifs is 7. The fourth-order valence-electron chi connectivity index (χ4n) is 19.9. The predicted octanol–water partition coefficient (Wildman–Crippen LogP) is 26.1. The van der Waals surface area contributed by atoms with Crippen molar-refractivity contribution in [2.24, 2.45) is 0 Å². The van der Waals surface area contributed by atoms with Crippen LogP contribution in [-0.4, -0.2) is 34.9 Å². The van der Waals surface area contributed by atoms with Crippen LogP contribution in [0.4, 0.5) is 0 Å². The number of aryl methyl sites for hydroxylation is 2. The van der Waals surface area contributed by atoms with E-state index in [0.717, 1.165) is 58.4 Å². The molecule has 0 spiro atoms. The molecule has 10 nitrogen and oxygen atoms in total. The van der Waals surface area contributed by atoms with Gasteiger partial charge in [-0.15, -0.1) is 10.2 Å². The van der Waals surface area contributed by atoms with Crippen LogP contribution in [0.3, 0.4) is 0 Å². The van der Waals surface area contributed by atoms with Crippen LogP contribution in [0.1, 0.15) is 364 Å². The van der Waals surface area contributed by atoms with Crippen LogP contribution in [0, 0.1) is 0 Å². The first-order chi connectivity index (χ1) is 48.8. The summed E-state index contributed by atoms with van der Waals surface area (Å²) in [4.78, 5) is 12.8. The van der Waals surface area contributed by atoms with Gasteiger partial charge in [-0.25, -0.2) is 13.9 Å². The van der Waals surface area contributed by atoms with E-state index in [0.29, 0.717) is 69.5 Å². The van der Waals surface area contributed by atoms with Gasteiger partial charge < -0.3 is 9.05 Å². The summed E-state index contributed by atoms with van der Waals surface area (Å²) < 4.78 is 33.5. The fourth-order valence-corrected chi connectivity index (χ4v) is 20.8. The van der Waals surface area contributed by atoms with Crippen molar-refractivity contribution in [1.82, 2.24) is 30.0 Å². The average molecular weight is 1350 g/mol. The lowest BCUT2D eigenvalue weighted by atomic mass is 9.75. The van der Waals surface area contributed by atoms with E-state index in [2.05, 4.69) is 108 Å². The van der Waals surface area contributed by atoms with Gasteiger partial charge in [-0.3, -0.25) is 4.89 Å². The van der Waals surface area contributed by atoms with Crippen molar-refractivity contribution in [3.8, 4) is 56.5 Å². The minimum Gasteiger partial charge on any atom is -0.394 e. The van der Waals surface area contributed by atoms with Crippen LogP contribution in [0.15, 0.2) is 85.2 Å². The molecule has 0 radical (unpaired) electrons. The first kappa shape index (κ1) is 68.7. The predicted molar refractivity (Wildman–Crippen MR) is 408 cm³/mol. The van der Waals surface area contributed by atoms with Gasteiger partial charge in [0.25, 0.3) is 0 Å². The molecule has 1 N–H and O–H groups in total. The van der Waals surface area contributed by atoms with Crippen molar-refractivity contribution in [2.45, 2.75) is 332 Å². The third-order valence-corrected chi connectivity index (χ3v) is 26.2. The van der Waals surface area contributed by atoms with Crippen molar-refractivity contribution in [1.29, 1.82) is 0 Å². The standard InChI is InChI=1S/C88H115N6O4P/c1-3-5-7-9-11-19-33-61-47-49-73-71(51-61)57-79(81-59-93(91-89-81)85-75(65-39-25-15-26-40-65)53-69(63-35-21-13-22-36-63)54-76(85)66-41-27-16-28-42-66)87-83(73)84-74-50-48-62(34-20-12-10-8-6-4-2)52-72(74)58-80(88(84)98-99(95,96)97-87)82-60-94(92-90-82)86-77(67-43-29-17-30-44-67)55-70(64-37-23-14-24-38-64)56-78(86)68-45-31-18-32-46-68/h47-60,63-68H,3-46H2,1-2H3,(H,95,96). The van der Waals surface area contributed by atoms with E-state index in [-0.39, 0.29) is 0 Å². The highest BCUT2D eigenvalue weighted by molar-refractivity contribution is 7.48. The number of nitrogens with zero attached hydrogens (tertiary/aromatic N) is 6. The quantitative estimate of drug-likeness (QED) is 0.0470. The molecular weight excluding hydrogens is 1240 g/mol. The molecule has 1 aliphatic heterocycles. The molecule has 3 heterocycles. The van der Waals surface area contributed by atoms with Crippen molar-refractivity contribution in [3.05, 3.63) is 130 Å². The molecular formula is C88H115N6O4P. The molecule has 0 saturated heterocycles. The highest BCUT2D eigenvalue weighted by Gasteiger charge is 2.40. The number of rotatable bonds is 24. The summed E-state index contributed by atoms with van der Waals surface area (Å²) in [6, 6.07) is 28.7. The first-order valence-corrected chi connectivity index (χ1v) is 42.4. The van der Waals surface area contributed by atoms with Gasteiger partial charge in [0.1, 0.15) is 11.4 Å². The Morgan fingerprint density at radius 3 is 1.04 bits per heavy atom. The van der Waals surface area contributed by atoms with Crippen molar-refractivity contribution in [3.63, 3.8) is 0 Å². The third-order valence-electron chi connectivity index (χ3n) is 25.3. The molecule has 0 bridgehead atoms. The van der Waals surface area contributed by atoms with E-state index in [9.17, 15) is 4.89 Å². The molecule has 99 heavy (non-hydrogen) atoms. The number of unbranched alkanes of at least 4 members (excludes halogenated alkanes) is 10. The molecule has 0 unspecified atom stereocenters. The summed E-state index contributed by atoms with van der Waals surface area (Å²) in [6.07, 6.45) is 58.6. The molecule has 6 aliphatic carbocycles. The summed E-state index contributed by atoms with van der Waals surface area (Å²) in [5, 5.41) is 24.9. The minimum absolute atomic E-state index is 0.293. The largest absolute Gasteiger partial charge is 0.584 e. The molecule has 6 aromatic carbocycles. The lowest BCUT2D eigenvalue weighted by Crippen LogP contribution is -2.17. The van der Waals surface area contributed by atoms with Gasteiger partial charge in [-0.1, -0.05) is 265 Å². The van der Waals surface area contributed by atoms with Crippen molar-refractivity contribution >= 4 is 29.4 Å². The Morgan fingerprint density at radius 2 is 0.707 bits per heavy atom. The number of hydrogen-bond acceptors (Lipinski definition) is 7. The van der Waals surface area contributed by atoms with Gasteiger partial charge in [0.2, 0.25) is 0 Å². The van der Waals surface area contributed by atoms with E-state index >= 15 is 4.57 Å². The summed E-state index contributed by atoms with van der Waals surface area (Å²) >= 11 is 0. The Balaban J connectivity index is 0.932. The Hall–Kier alpha value is -6.09. The highest BCUT2D eigenvalue weighted by Crippen LogP contribution is 2.62. The van der Waals surface area contributed by atoms with Crippen molar-refractivity contribution < 1.29 is 18.5 Å². The lowest BCUT2D eigenvalue weighted by molar-refractivity contribution is 0.295. The Morgan fingerprint density at radius 1 is 0.394 bits per heavy atom. The maximum atomic E-state index is 15.6. The smallest absolute Gasteiger partial charge is 0.394 e. The zero-order chi connectivity index (χ0) is 67.1. The molecule has 526 valence electrons. The Labute approximate surface area is 592 Å². The topological polar surface area (TPSA) is 117 Å². The molecule has 0 amide bonds. The van der Waals surface area contributed by atoms with E-state index < -0.39 is 7.82 Å². The second-order valence-electron chi connectivity index (χ2n) is 32.3. The Bertz CT molecular complexity index is 3770. The summed E-state index contributed by atoms with van der Waals surface area (Å²) in [7, 11) is -4.97.